The summed E-state index contributed by atoms with van der Waals surface area (Å²) in [4.78, 5) is 18.3. The van der Waals surface area contributed by atoms with Gasteiger partial charge >= 0.3 is 6.61 Å². The number of benzene rings is 1. The van der Waals surface area contributed by atoms with E-state index in [2.05, 4.69) is 20.4 Å². The zero-order valence-electron chi connectivity index (χ0n) is 18.8. The summed E-state index contributed by atoms with van der Waals surface area (Å²) in [5.41, 5.74) is 3.49. The zero-order valence-corrected chi connectivity index (χ0v) is 19.6. The van der Waals surface area contributed by atoms with Crippen LogP contribution in [0.1, 0.15) is 43.9 Å². The fraction of sp³-hybridized carbons (Fsp3) is 0.200. The molecule has 0 aliphatic heterocycles. The molecule has 2 N–H and O–H groups in total. The van der Waals surface area contributed by atoms with Crippen LogP contribution in [-0.2, 0) is 0 Å². The number of hydrogen-bond donors (Lipinski definition) is 2. The number of rotatable bonds is 8. The Morgan fingerprint density at radius 2 is 1.82 bits per heavy atom. The fourth-order valence-electron chi connectivity index (χ4n) is 3.59. The summed E-state index contributed by atoms with van der Waals surface area (Å²) in [5, 5.41) is 7.07. The topological polar surface area (TPSA) is 76.4 Å². The summed E-state index contributed by atoms with van der Waals surface area (Å²) in [5.74, 6) is 0.550. The number of nitrogens with one attached hydrogen (secondary N) is 2. The van der Waals surface area contributed by atoms with Gasteiger partial charge in [-0.15, -0.1) is 11.3 Å². The maximum atomic E-state index is 12.7. The summed E-state index contributed by atoms with van der Waals surface area (Å²) >= 11 is 1.46. The molecule has 0 unspecified atom stereocenters. The van der Waals surface area contributed by atoms with Gasteiger partial charge in [0.2, 0.25) is 0 Å². The quantitative estimate of drug-likeness (QED) is 0.291. The van der Waals surface area contributed by atoms with E-state index in [0.29, 0.717) is 10.8 Å². The normalized spacial score (nSPS) is 11.9. The van der Waals surface area contributed by atoms with E-state index in [-0.39, 0.29) is 17.4 Å². The number of amides is 1. The van der Waals surface area contributed by atoms with Crippen molar-refractivity contribution in [2.45, 2.75) is 33.4 Å². The molecule has 1 atom stereocenters. The van der Waals surface area contributed by atoms with Crippen LogP contribution < -0.4 is 15.4 Å². The molecule has 6 nitrogen and oxygen atoms in total. The van der Waals surface area contributed by atoms with Crippen LogP contribution in [0, 0.1) is 20.8 Å². The van der Waals surface area contributed by atoms with E-state index in [9.17, 15) is 13.6 Å². The maximum Gasteiger partial charge on any atom is 0.387 e. The van der Waals surface area contributed by atoms with Gasteiger partial charge in [0.25, 0.3) is 5.91 Å². The van der Waals surface area contributed by atoms with Crippen molar-refractivity contribution < 1.29 is 22.7 Å². The van der Waals surface area contributed by atoms with Gasteiger partial charge in [0.1, 0.15) is 16.6 Å². The summed E-state index contributed by atoms with van der Waals surface area (Å²) in [6.45, 7) is 2.96. The number of anilines is 2. The zero-order chi connectivity index (χ0) is 24.2. The van der Waals surface area contributed by atoms with Gasteiger partial charge in [-0.3, -0.25) is 4.79 Å². The lowest BCUT2D eigenvalue weighted by molar-refractivity contribution is -0.0498. The number of ether oxygens (including phenoxy) is 1. The molecule has 0 radical (unpaired) electrons. The van der Waals surface area contributed by atoms with Gasteiger partial charge in [-0.1, -0.05) is 18.2 Å². The molecule has 1 aromatic carbocycles. The van der Waals surface area contributed by atoms with Gasteiger partial charge in [-0.25, -0.2) is 4.98 Å². The molecule has 3 heterocycles. The average Bonchev–Trinajstić information content (AvgIpc) is 3.42. The van der Waals surface area contributed by atoms with Crippen LogP contribution in [0.2, 0.25) is 0 Å². The molecule has 0 bridgehead atoms. The predicted octanol–water partition coefficient (Wildman–Crippen LogP) is 6.72. The van der Waals surface area contributed by atoms with Crippen molar-refractivity contribution >= 4 is 28.1 Å². The number of carbonyl (C=O) groups is 1. The van der Waals surface area contributed by atoms with E-state index >= 15 is 0 Å². The number of aromatic nitrogens is 1. The fourth-order valence-corrected chi connectivity index (χ4v) is 4.69. The number of pyridine rings is 1. The van der Waals surface area contributed by atoms with Gasteiger partial charge in [0.15, 0.2) is 5.76 Å². The van der Waals surface area contributed by atoms with E-state index in [1.165, 1.54) is 29.7 Å². The van der Waals surface area contributed by atoms with E-state index in [0.717, 1.165) is 27.3 Å². The van der Waals surface area contributed by atoms with Crippen LogP contribution in [-0.4, -0.2) is 17.5 Å². The molecule has 0 saturated heterocycles. The number of aryl methyl sites for hydroxylation is 2. The SMILES string of the molecule is Cc1cccc(N[C@H](c2ccc(OC(F)F)cc2)c2c(NC(=O)c3ccco3)sc(C)c2C)n1. The highest BCUT2D eigenvalue weighted by Gasteiger charge is 2.26. The van der Waals surface area contributed by atoms with Crippen molar-refractivity contribution in [1.29, 1.82) is 0 Å². The first kappa shape index (κ1) is 23.4. The van der Waals surface area contributed by atoms with Crippen molar-refractivity contribution in [3.8, 4) is 5.75 Å². The Hall–Kier alpha value is -3.72. The second-order valence-electron chi connectivity index (χ2n) is 7.65. The third kappa shape index (κ3) is 5.26. The Morgan fingerprint density at radius 1 is 1.06 bits per heavy atom. The predicted molar refractivity (Wildman–Crippen MR) is 128 cm³/mol. The third-order valence-electron chi connectivity index (χ3n) is 5.31. The Kier molecular flexibility index (Phi) is 6.93. The lowest BCUT2D eigenvalue weighted by Gasteiger charge is -2.23. The van der Waals surface area contributed by atoms with Gasteiger partial charge in [0, 0.05) is 16.1 Å². The highest BCUT2D eigenvalue weighted by molar-refractivity contribution is 7.16. The van der Waals surface area contributed by atoms with Crippen molar-refractivity contribution in [2.75, 3.05) is 10.6 Å². The Bertz CT molecular complexity index is 1270. The molecule has 9 heteroatoms. The molecule has 3 aromatic heterocycles. The minimum absolute atomic E-state index is 0.0655. The van der Waals surface area contributed by atoms with Gasteiger partial charge in [-0.05, 0) is 68.3 Å². The summed E-state index contributed by atoms with van der Waals surface area (Å²) in [6.07, 6.45) is 1.44. The largest absolute Gasteiger partial charge is 0.459 e. The maximum absolute atomic E-state index is 12.7. The third-order valence-corrected chi connectivity index (χ3v) is 6.45. The summed E-state index contributed by atoms with van der Waals surface area (Å²) in [6, 6.07) is 14.9. The van der Waals surface area contributed by atoms with Crippen LogP contribution in [0.4, 0.5) is 19.6 Å². The van der Waals surface area contributed by atoms with Crippen LogP contribution in [0.15, 0.2) is 65.3 Å². The van der Waals surface area contributed by atoms with Crippen LogP contribution >= 0.6 is 11.3 Å². The molecule has 4 aromatic rings. The molecule has 176 valence electrons. The Balaban J connectivity index is 1.76. The van der Waals surface area contributed by atoms with Crippen LogP contribution in [0.5, 0.6) is 5.75 Å². The van der Waals surface area contributed by atoms with Gasteiger partial charge in [0.05, 0.1) is 12.3 Å². The Morgan fingerprint density at radius 3 is 2.47 bits per heavy atom. The molecule has 0 aliphatic rings. The van der Waals surface area contributed by atoms with E-state index in [1.807, 2.05) is 39.0 Å². The second-order valence-corrected chi connectivity index (χ2v) is 8.87. The molecular weight excluding hydrogens is 460 g/mol. The lowest BCUT2D eigenvalue weighted by atomic mass is 9.96. The molecule has 4 rings (SSSR count). The lowest BCUT2D eigenvalue weighted by Crippen LogP contribution is -2.18. The Labute approximate surface area is 199 Å². The summed E-state index contributed by atoms with van der Waals surface area (Å²) in [7, 11) is 0. The standard InChI is InChI=1S/C25H23F2N3O3S/c1-14-6-4-8-20(28-14)29-22(17-9-11-18(12-10-17)33-25(26)27)21-15(2)16(3)34-24(21)30-23(31)19-7-5-13-32-19/h4-13,22,25H,1-3H3,(H,28,29)(H,30,31)/t22-/m1/s1. The van der Waals surface area contributed by atoms with Crippen molar-refractivity contribution in [1.82, 2.24) is 4.98 Å². The van der Waals surface area contributed by atoms with Crippen molar-refractivity contribution in [3.05, 3.63) is 93.9 Å². The highest BCUT2D eigenvalue weighted by Crippen LogP contribution is 2.41. The number of carbonyl (C=O) groups excluding carboxylic acids is 1. The smallest absolute Gasteiger partial charge is 0.387 e. The number of thiophene rings is 1. The minimum Gasteiger partial charge on any atom is -0.459 e. The van der Waals surface area contributed by atoms with E-state index in [4.69, 9.17) is 4.42 Å². The highest BCUT2D eigenvalue weighted by atomic mass is 32.1. The van der Waals surface area contributed by atoms with Crippen LogP contribution in [0.3, 0.4) is 0 Å². The first-order valence-corrected chi connectivity index (χ1v) is 11.3. The number of furan rings is 1. The van der Waals surface area contributed by atoms with Gasteiger partial charge < -0.3 is 19.8 Å². The number of nitrogens with zero attached hydrogens (tertiary/aromatic N) is 1. The molecule has 0 aliphatic carbocycles. The molecule has 0 saturated carbocycles. The molecule has 34 heavy (non-hydrogen) atoms. The number of halogens is 2. The van der Waals surface area contributed by atoms with Crippen molar-refractivity contribution in [3.63, 3.8) is 0 Å². The monoisotopic (exact) mass is 483 g/mol. The van der Waals surface area contributed by atoms with E-state index in [1.54, 1.807) is 24.3 Å². The number of hydrogen-bond acceptors (Lipinski definition) is 6. The first-order chi connectivity index (χ1) is 16.3. The van der Waals surface area contributed by atoms with Crippen LogP contribution in [0.25, 0.3) is 0 Å². The van der Waals surface area contributed by atoms with Crippen molar-refractivity contribution in [2.24, 2.45) is 0 Å². The van der Waals surface area contributed by atoms with Gasteiger partial charge in [-0.2, -0.15) is 8.78 Å². The molecular formula is C25H23F2N3O3S. The summed E-state index contributed by atoms with van der Waals surface area (Å²) < 4.78 is 35.0. The molecule has 1 amide bonds. The number of alkyl halides is 2. The first-order valence-electron chi connectivity index (χ1n) is 10.5. The average molecular weight is 484 g/mol. The van der Waals surface area contributed by atoms with E-state index < -0.39 is 12.7 Å². The second kappa shape index (κ2) is 10.0. The molecule has 0 spiro atoms. The minimum atomic E-state index is -2.90. The molecule has 0 fully saturated rings.